The second-order valence-corrected chi connectivity index (χ2v) is 7.37. The summed E-state index contributed by atoms with van der Waals surface area (Å²) in [7, 11) is 0. The van der Waals surface area contributed by atoms with Crippen LogP contribution < -0.4 is 0 Å². The lowest BCUT2D eigenvalue weighted by Gasteiger charge is -2.48. The first-order chi connectivity index (χ1) is 11.5. The van der Waals surface area contributed by atoms with E-state index in [1.807, 2.05) is 0 Å². The standard InChI is InChI=1S/C17H23F2NO5/c1-16(2,3)20(15(22)23)13-7-17(24,8-21)9-25-14(13)11-6-10(18)4-5-12(11)19/h4-6,13-14,21,24H,7-9H2,1-3H3,(H,22,23)/t13-,14-,17?/m0/s1. The maximum absolute atomic E-state index is 14.2. The Bertz CT molecular complexity index is 648. The summed E-state index contributed by atoms with van der Waals surface area (Å²) in [6.07, 6.45) is -2.57. The van der Waals surface area contributed by atoms with Crippen molar-refractivity contribution in [3.63, 3.8) is 0 Å². The Hall–Kier alpha value is -1.77. The number of hydrogen-bond acceptors (Lipinski definition) is 4. The predicted molar refractivity (Wildman–Crippen MR) is 85.1 cm³/mol. The predicted octanol–water partition coefficient (Wildman–Crippen LogP) is 2.30. The number of aliphatic hydroxyl groups is 2. The molecule has 140 valence electrons. The lowest BCUT2D eigenvalue weighted by molar-refractivity contribution is -0.175. The van der Waals surface area contributed by atoms with E-state index < -0.39 is 47.6 Å². The number of amides is 1. The molecule has 0 spiro atoms. The van der Waals surface area contributed by atoms with Gasteiger partial charge in [-0.2, -0.15) is 0 Å². The number of rotatable bonds is 3. The van der Waals surface area contributed by atoms with E-state index in [2.05, 4.69) is 0 Å². The van der Waals surface area contributed by atoms with Gasteiger partial charge in [0.15, 0.2) is 0 Å². The van der Waals surface area contributed by atoms with Gasteiger partial charge in [0, 0.05) is 17.5 Å². The topological polar surface area (TPSA) is 90.2 Å². The van der Waals surface area contributed by atoms with Crippen LogP contribution in [-0.4, -0.2) is 56.7 Å². The highest BCUT2D eigenvalue weighted by Crippen LogP contribution is 2.39. The van der Waals surface area contributed by atoms with Crippen LogP contribution in [0, 0.1) is 11.6 Å². The van der Waals surface area contributed by atoms with E-state index in [-0.39, 0.29) is 18.6 Å². The number of halogens is 2. The van der Waals surface area contributed by atoms with Crippen molar-refractivity contribution in [2.45, 2.75) is 50.5 Å². The van der Waals surface area contributed by atoms with Crippen LogP contribution in [0.4, 0.5) is 13.6 Å². The molecule has 1 aromatic rings. The van der Waals surface area contributed by atoms with Crippen LogP contribution in [0.2, 0.25) is 0 Å². The molecule has 0 aliphatic carbocycles. The van der Waals surface area contributed by atoms with E-state index >= 15 is 0 Å². The van der Waals surface area contributed by atoms with Gasteiger partial charge in [0.05, 0.1) is 19.3 Å². The van der Waals surface area contributed by atoms with Crippen molar-refractivity contribution in [2.24, 2.45) is 0 Å². The fourth-order valence-corrected chi connectivity index (χ4v) is 3.20. The third kappa shape index (κ3) is 4.08. The van der Waals surface area contributed by atoms with Crippen LogP contribution in [0.15, 0.2) is 18.2 Å². The molecule has 1 fully saturated rings. The Morgan fingerprint density at radius 1 is 1.40 bits per heavy atom. The van der Waals surface area contributed by atoms with E-state index in [1.54, 1.807) is 20.8 Å². The van der Waals surface area contributed by atoms with Gasteiger partial charge < -0.3 is 20.1 Å². The molecule has 6 nitrogen and oxygen atoms in total. The molecule has 0 bridgehead atoms. The molecule has 2 rings (SSSR count). The average Bonchev–Trinajstić information content (AvgIpc) is 2.48. The van der Waals surface area contributed by atoms with Crippen LogP contribution >= 0.6 is 0 Å². The maximum atomic E-state index is 14.2. The number of carboxylic acid groups (broad SMARTS) is 1. The van der Waals surface area contributed by atoms with E-state index in [1.165, 1.54) is 0 Å². The fourth-order valence-electron chi connectivity index (χ4n) is 3.20. The molecular weight excluding hydrogens is 336 g/mol. The van der Waals surface area contributed by atoms with Crippen molar-refractivity contribution in [3.05, 3.63) is 35.4 Å². The average molecular weight is 359 g/mol. The van der Waals surface area contributed by atoms with E-state index in [4.69, 9.17) is 4.74 Å². The summed E-state index contributed by atoms with van der Waals surface area (Å²) in [5.41, 5.74) is -2.68. The zero-order chi connectivity index (χ0) is 19.0. The van der Waals surface area contributed by atoms with Gasteiger partial charge in [-0.25, -0.2) is 13.6 Å². The van der Waals surface area contributed by atoms with Gasteiger partial charge in [-0.1, -0.05) is 0 Å². The molecule has 1 aliphatic rings. The quantitative estimate of drug-likeness (QED) is 0.770. The summed E-state index contributed by atoms with van der Waals surface area (Å²) in [5.74, 6) is -1.41. The SMILES string of the molecule is CC(C)(C)N(C(=O)O)[C@H]1CC(O)(CO)CO[C@H]1c1cc(F)ccc1F. The summed E-state index contributed by atoms with van der Waals surface area (Å²) in [6.45, 7) is 3.98. The third-order valence-corrected chi connectivity index (χ3v) is 4.29. The van der Waals surface area contributed by atoms with Gasteiger partial charge in [0.2, 0.25) is 0 Å². The van der Waals surface area contributed by atoms with E-state index in [0.29, 0.717) is 0 Å². The van der Waals surface area contributed by atoms with Crippen molar-refractivity contribution in [1.82, 2.24) is 4.90 Å². The number of carbonyl (C=O) groups is 1. The molecule has 0 saturated carbocycles. The van der Waals surface area contributed by atoms with Crippen molar-refractivity contribution >= 4 is 6.09 Å². The minimum Gasteiger partial charge on any atom is -0.465 e. The van der Waals surface area contributed by atoms with E-state index in [9.17, 15) is 28.9 Å². The van der Waals surface area contributed by atoms with Crippen molar-refractivity contribution < 1.29 is 33.6 Å². The Morgan fingerprint density at radius 2 is 2.04 bits per heavy atom. The molecule has 1 saturated heterocycles. The molecule has 25 heavy (non-hydrogen) atoms. The minimum atomic E-state index is -1.66. The van der Waals surface area contributed by atoms with Gasteiger partial charge in [-0.3, -0.25) is 4.90 Å². The van der Waals surface area contributed by atoms with Gasteiger partial charge in [-0.15, -0.1) is 0 Å². The highest BCUT2D eigenvalue weighted by Gasteiger charge is 2.48. The maximum Gasteiger partial charge on any atom is 0.408 e. The largest absolute Gasteiger partial charge is 0.465 e. The van der Waals surface area contributed by atoms with Crippen LogP contribution in [0.5, 0.6) is 0 Å². The Labute approximate surface area is 144 Å². The molecule has 1 heterocycles. The highest BCUT2D eigenvalue weighted by molar-refractivity contribution is 5.66. The molecule has 8 heteroatoms. The minimum absolute atomic E-state index is 0.125. The molecule has 0 radical (unpaired) electrons. The summed E-state index contributed by atoms with van der Waals surface area (Å²) >= 11 is 0. The van der Waals surface area contributed by atoms with Gasteiger partial charge in [0.1, 0.15) is 23.3 Å². The molecule has 1 aliphatic heterocycles. The van der Waals surface area contributed by atoms with Crippen molar-refractivity contribution in [2.75, 3.05) is 13.2 Å². The summed E-state index contributed by atoms with van der Waals surface area (Å²) < 4.78 is 33.4. The Morgan fingerprint density at radius 3 is 2.56 bits per heavy atom. The monoisotopic (exact) mass is 359 g/mol. The molecule has 3 atom stereocenters. The first kappa shape index (κ1) is 19.6. The zero-order valence-corrected chi connectivity index (χ0v) is 14.4. The molecule has 1 aromatic carbocycles. The molecule has 3 N–H and O–H groups in total. The normalized spacial score (nSPS) is 27.2. The summed E-state index contributed by atoms with van der Waals surface area (Å²) in [5, 5.41) is 29.4. The Balaban J connectivity index is 2.53. The number of aliphatic hydroxyl groups excluding tert-OH is 1. The zero-order valence-electron chi connectivity index (χ0n) is 14.4. The van der Waals surface area contributed by atoms with Crippen LogP contribution in [0.1, 0.15) is 38.9 Å². The van der Waals surface area contributed by atoms with E-state index in [0.717, 1.165) is 23.1 Å². The lowest BCUT2D eigenvalue weighted by atomic mass is 9.84. The van der Waals surface area contributed by atoms with Crippen LogP contribution in [-0.2, 0) is 4.74 Å². The molecular formula is C17H23F2NO5. The Kier molecular flexibility index (Phi) is 5.36. The van der Waals surface area contributed by atoms with Gasteiger partial charge in [-0.05, 0) is 39.0 Å². The van der Waals surface area contributed by atoms with Gasteiger partial charge in [0.25, 0.3) is 0 Å². The highest BCUT2D eigenvalue weighted by atomic mass is 19.1. The fraction of sp³-hybridized carbons (Fsp3) is 0.588. The lowest BCUT2D eigenvalue weighted by Crippen LogP contribution is -2.60. The first-order valence-electron chi connectivity index (χ1n) is 7.90. The van der Waals surface area contributed by atoms with Crippen molar-refractivity contribution in [3.8, 4) is 0 Å². The van der Waals surface area contributed by atoms with Crippen LogP contribution in [0.3, 0.4) is 0 Å². The summed E-state index contributed by atoms with van der Waals surface area (Å²) in [6, 6.07) is 1.85. The summed E-state index contributed by atoms with van der Waals surface area (Å²) in [4.78, 5) is 12.9. The smallest absolute Gasteiger partial charge is 0.408 e. The number of benzene rings is 1. The first-order valence-corrected chi connectivity index (χ1v) is 7.90. The van der Waals surface area contributed by atoms with Gasteiger partial charge >= 0.3 is 6.09 Å². The molecule has 1 amide bonds. The number of hydrogen-bond donors (Lipinski definition) is 3. The van der Waals surface area contributed by atoms with Crippen molar-refractivity contribution in [1.29, 1.82) is 0 Å². The molecule has 0 aromatic heterocycles. The molecule has 1 unspecified atom stereocenters. The number of nitrogens with zero attached hydrogens (tertiary/aromatic N) is 1. The second-order valence-electron chi connectivity index (χ2n) is 7.37. The second kappa shape index (κ2) is 6.86. The third-order valence-electron chi connectivity index (χ3n) is 4.29. The number of ether oxygens (including phenoxy) is 1. The van der Waals surface area contributed by atoms with Crippen LogP contribution in [0.25, 0.3) is 0 Å².